The minimum absolute atomic E-state index is 0.160. The van der Waals surface area contributed by atoms with E-state index in [2.05, 4.69) is 9.68 Å². The Labute approximate surface area is 155 Å². The first kappa shape index (κ1) is 19.5. The van der Waals surface area contributed by atoms with Gasteiger partial charge in [-0.3, -0.25) is 4.55 Å². The zero-order valence-corrected chi connectivity index (χ0v) is 14.3. The highest BCUT2D eigenvalue weighted by molar-refractivity contribution is 7.85. The molecule has 0 amide bonds. The fourth-order valence-corrected chi connectivity index (χ4v) is 3.06. The van der Waals surface area contributed by atoms with Crippen molar-refractivity contribution in [3.63, 3.8) is 0 Å². The van der Waals surface area contributed by atoms with Crippen LogP contribution in [-0.2, 0) is 16.3 Å². The van der Waals surface area contributed by atoms with E-state index in [1.807, 2.05) is 6.07 Å². The van der Waals surface area contributed by atoms with Gasteiger partial charge in [-0.2, -0.15) is 26.9 Å². The van der Waals surface area contributed by atoms with Gasteiger partial charge in [-0.25, -0.2) is 4.39 Å². The van der Waals surface area contributed by atoms with Gasteiger partial charge in [0.1, 0.15) is 16.4 Å². The molecule has 2 aromatic carbocycles. The average Bonchev–Trinajstić information content (AvgIpc) is 3.06. The zero-order chi connectivity index (χ0) is 20.7. The molecule has 0 bridgehead atoms. The van der Waals surface area contributed by atoms with Crippen molar-refractivity contribution < 1.29 is 35.1 Å². The number of nitriles is 1. The Hall–Kier alpha value is -3.23. The molecule has 3 aromatic rings. The fourth-order valence-electron chi connectivity index (χ4n) is 2.52. The van der Waals surface area contributed by atoms with Crippen molar-refractivity contribution in [3.05, 3.63) is 59.6 Å². The maximum absolute atomic E-state index is 14.1. The third kappa shape index (κ3) is 3.60. The molecule has 11 heteroatoms. The van der Waals surface area contributed by atoms with E-state index in [1.165, 1.54) is 24.3 Å². The summed E-state index contributed by atoms with van der Waals surface area (Å²) in [6.07, 6.45) is -4.97. The van der Waals surface area contributed by atoms with E-state index in [0.717, 1.165) is 6.07 Å². The summed E-state index contributed by atoms with van der Waals surface area (Å²) in [6, 6.07) is 9.28. The summed E-state index contributed by atoms with van der Waals surface area (Å²) in [7, 11) is -4.89. The third-order valence-corrected chi connectivity index (χ3v) is 4.62. The van der Waals surface area contributed by atoms with E-state index in [4.69, 9.17) is 9.81 Å². The van der Waals surface area contributed by atoms with Gasteiger partial charge in [0.15, 0.2) is 0 Å². The van der Waals surface area contributed by atoms with Crippen molar-refractivity contribution in [3.8, 4) is 28.5 Å². The topological polar surface area (TPSA) is 104 Å². The van der Waals surface area contributed by atoms with Gasteiger partial charge in [-0.15, -0.1) is 0 Å². The first-order valence-electron chi connectivity index (χ1n) is 7.37. The predicted octanol–water partition coefficient (Wildman–Crippen LogP) is 4.28. The van der Waals surface area contributed by atoms with E-state index in [-0.39, 0.29) is 22.4 Å². The molecular formula is C17H8F4N2O4S. The molecule has 0 saturated heterocycles. The minimum Gasteiger partial charge on any atom is -0.350 e. The van der Waals surface area contributed by atoms with Crippen LogP contribution in [0.25, 0.3) is 22.4 Å². The van der Waals surface area contributed by atoms with Crippen LogP contribution in [0.3, 0.4) is 0 Å². The first-order chi connectivity index (χ1) is 13.0. The van der Waals surface area contributed by atoms with E-state index in [1.54, 1.807) is 0 Å². The SMILES string of the molecule is N#Cc1ccc(-c2noc(C(F)(F)F)c2-c2ccc(S(=O)(=O)O)c(F)c2)cc1. The molecule has 28 heavy (non-hydrogen) atoms. The standard InChI is InChI=1S/C17H8F4N2O4S/c18-12-7-11(5-6-13(12)28(24,25)26)14-15(23-27-16(14)17(19,20)21)10-3-1-9(8-22)2-4-10/h1-7H,(H,24,25,26). The lowest BCUT2D eigenvalue weighted by atomic mass is 9.98. The number of hydrogen-bond acceptors (Lipinski definition) is 5. The second-order valence-electron chi connectivity index (χ2n) is 5.54. The first-order valence-corrected chi connectivity index (χ1v) is 8.81. The van der Waals surface area contributed by atoms with Gasteiger partial charge in [-0.05, 0) is 29.8 Å². The summed E-state index contributed by atoms with van der Waals surface area (Å²) in [5.74, 6) is -2.95. The molecule has 1 heterocycles. The Morgan fingerprint density at radius 1 is 1.07 bits per heavy atom. The lowest BCUT2D eigenvalue weighted by molar-refractivity contribution is -0.154. The van der Waals surface area contributed by atoms with Crippen LogP contribution in [0, 0.1) is 17.1 Å². The van der Waals surface area contributed by atoms with E-state index >= 15 is 0 Å². The highest BCUT2D eigenvalue weighted by atomic mass is 32.2. The van der Waals surface area contributed by atoms with Crippen LogP contribution in [0.2, 0.25) is 0 Å². The molecule has 0 saturated carbocycles. The second-order valence-corrected chi connectivity index (χ2v) is 6.93. The van der Waals surface area contributed by atoms with Crippen molar-refractivity contribution in [2.75, 3.05) is 0 Å². The van der Waals surface area contributed by atoms with Crippen LogP contribution in [0.4, 0.5) is 17.6 Å². The highest BCUT2D eigenvalue weighted by Crippen LogP contribution is 2.43. The van der Waals surface area contributed by atoms with Crippen molar-refractivity contribution in [2.24, 2.45) is 0 Å². The molecule has 0 spiro atoms. The zero-order valence-electron chi connectivity index (χ0n) is 13.5. The lowest BCUT2D eigenvalue weighted by Gasteiger charge is -2.09. The van der Waals surface area contributed by atoms with Gasteiger partial charge in [0.25, 0.3) is 10.1 Å². The number of alkyl halides is 3. The largest absolute Gasteiger partial charge is 0.453 e. The summed E-state index contributed by atoms with van der Waals surface area (Å²) < 4.78 is 89.7. The van der Waals surface area contributed by atoms with Crippen LogP contribution >= 0.6 is 0 Å². The molecule has 3 rings (SSSR count). The van der Waals surface area contributed by atoms with Crippen molar-refractivity contribution in [2.45, 2.75) is 11.1 Å². The fraction of sp³-hybridized carbons (Fsp3) is 0.0588. The average molecular weight is 412 g/mol. The summed E-state index contributed by atoms with van der Waals surface area (Å²) >= 11 is 0. The molecule has 0 atom stereocenters. The Kier molecular flexibility index (Phi) is 4.70. The second kappa shape index (κ2) is 6.74. The number of nitrogens with zero attached hydrogens (tertiary/aromatic N) is 2. The molecule has 0 unspecified atom stereocenters. The van der Waals surface area contributed by atoms with Gasteiger partial charge >= 0.3 is 6.18 Å². The van der Waals surface area contributed by atoms with Crippen LogP contribution in [0.1, 0.15) is 11.3 Å². The molecule has 6 nitrogen and oxygen atoms in total. The number of aromatic nitrogens is 1. The number of hydrogen-bond donors (Lipinski definition) is 1. The van der Waals surface area contributed by atoms with Gasteiger partial charge in [0, 0.05) is 5.56 Å². The minimum atomic E-state index is -4.97. The number of benzene rings is 2. The summed E-state index contributed by atoms with van der Waals surface area (Å²) in [6.45, 7) is 0. The quantitative estimate of drug-likeness (QED) is 0.509. The molecule has 0 aliphatic heterocycles. The predicted molar refractivity (Wildman–Crippen MR) is 86.9 cm³/mol. The third-order valence-electron chi connectivity index (χ3n) is 3.74. The Bertz CT molecular complexity index is 1190. The van der Waals surface area contributed by atoms with Crippen molar-refractivity contribution in [1.82, 2.24) is 5.16 Å². The summed E-state index contributed by atoms with van der Waals surface area (Å²) in [4.78, 5) is -1.08. The molecule has 1 aromatic heterocycles. The molecule has 144 valence electrons. The van der Waals surface area contributed by atoms with Crippen molar-refractivity contribution >= 4 is 10.1 Å². The summed E-state index contributed by atoms with van der Waals surface area (Å²) in [5.41, 5.74) is -0.840. The van der Waals surface area contributed by atoms with Gasteiger partial charge in [-0.1, -0.05) is 23.4 Å². The maximum Gasteiger partial charge on any atom is 0.453 e. The van der Waals surface area contributed by atoms with Crippen molar-refractivity contribution in [1.29, 1.82) is 5.26 Å². The molecular weight excluding hydrogens is 404 g/mol. The maximum atomic E-state index is 14.1. The highest BCUT2D eigenvalue weighted by Gasteiger charge is 2.41. The Morgan fingerprint density at radius 3 is 2.18 bits per heavy atom. The smallest absolute Gasteiger partial charge is 0.350 e. The number of halogens is 4. The van der Waals surface area contributed by atoms with Crippen LogP contribution in [0.15, 0.2) is 51.9 Å². The van der Waals surface area contributed by atoms with E-state index < -0.39 is 38.3 Å². The van der Waals surface area contributed by atoms with E-state index in [9.17, 15) is 26.0 Å². The van der Waals surface area contributed by atoms with Crippen LogP contribution < -0.4 is 0 Å². The molecule has 0 aliphatic carbocycles. The molecule has 0 fully saturated rings. The van der Waals surface area contributed by atoms with Crippen LogP contribution in [0.5, 0.6) is 0 Å². The van der Waals surface area contributed by atoms with Crippen LogP contribution in [-0.4, -0.2) is 18.1 Å². The summed E-state index contributed by atoms with van der Waals surface area (Å²) in [5, 5.41) is 12.2. The monoisotopic (exact) mass is 412 g/mol. The Morgan fingerprint density at radius 2 is 1.68 bits per heavy atom. The molecule has 1 N–H and O–H groups in total. The van der Waals surface area contributed by atoms with E-state index in [0.29, 0.717) is 12.1 Å². The Balaban J connectivity index is 2.25. The number of rotatable bonds is 3. The molecule has 0 radical (unpaired) electrons. The van der Waals surface area contributed by atoms with Gasteiger partial charge < -0.3 is 4.52 Å². The molecule has 0 aliphatic rings. The lowest BCUT2D eigenvalue weighted by Crippen LogP contribution is -2.06. The normalized spacial score (nSPS) is 12.0. The van der Waals surface area contributed by atoms with Gasteiger partial charge in [0.2, 0.25) is 5.76 Å². The van der Waals surface area contributed by atoms with Gasteiger partial charge in [0.05, 0.1) is 17.2 Å².